The maximum atomic E-state index is 13.7. The Morgan fingerprint density at radius 1 is 0.810 bits per heavy atom. The van der Waals surface area contributed by atoms with E-state index in [4.69, 9.17) is 10.2 Å². The minimum atomic E-state index is -1.10. The van der Waals surface area contributed by atoms with Crippen molar-refractivity contribution in [2.45, 2.75) is 24.8 Å². The molecule has 1 unspecified atom stereocenters. The quantitative estimate of drug-likeness (QED) is 0.128. The number of hydrogen-bond acceptors (Lipinski definition) is 8. The number of non-ortho nitro benzene ring substituents is 1. The second-order valence-electron chi connectivity index (χ2n) is 10.2. The summed E-state index contributed by atoms with van der Waals surface area (Å²) in [5.41, 5.74) is 4.81. The molecule has 0 saturated carbocycles. The molecule has 0 N–H and O–H groups in total. The third-order valence-electron chi connectivity index (χ3n) is 7.12. The Balaban J connectivity index is 1.48. The minimum Gasteiger partial charge on any atom is -0.286 e. The van der Waals surface area contributed by atoms with Gasteiger partial charge in [-0.05, 0) is 59.7 Å². The van der Waals surface area contributed by atoms with Gasteiger partial charge in [-0.1, -0.05) is 86.6 Å². The van der Waals surface area contributed by atoms with Gasteiger partial charge in [-0.2, -0.15) is 10.2 Å². The number of anilines is 2. The fraction of sp³-hybridized carbons (Fsp3) is 0.121. The highest BCUT2D eigenvalue weighted by Crippen LogP contribution is 2.48. The van der Waals surface area contributed by atoms with E-state index in [1.165, 1.54) is 29.5 Å². The van der Waals surface area contributed by atoms with Crippen molar-refractivity contribution in [1.29, 1.82) is 0 Å². The molecule has 4 aromatic rings. The Bertz CT molecular complexity index is 1720. The highest BCUT2D eigenvalue weighted by Gasteiger charge is 2.51. The van der Waals surface area contributed by atoms with Gasteiger partial charge < -0.3 is 0 Å². The van der Waals surface area contributed by atoms with E-state index in [0.717, 1.165) is 17.0 Å². The molecule has 0 radical (unpaired) electrons. The first kappa shape index (κ1) is 27.2. The lowest BCUT2D eigenvalue weighted by Crippen LogP contribution is -2.53. The fourth-order valence-electron chi connectivity index (χ4n) is 4.84. The van der Waals surface area contributed by atoms with Gasteiger partial charge in [0.2, 0.25) is 10.8 Å². The number of Topliss-reactive ketones (excluding diaryl/α,β-unsaturated/α-hetero) is 1. The van der Waals surface area contributed by atoms with Crippen LogP contribution in [0.15, 0.2) is 132 Å². The Morgan fingerprint density at radius 3 is 2.02 bits per heavy atom. The number of hydrazone groups is 2. The van der Waals surface area contributed by atoms with Gasteiger partial charge in [0.15, 0.2) is 5.04 Å². The van der Waals surface area contributed by atoms with E-state index in [9.17, 15) is 14.9 Å². The predicted molar refractivity (Wildman–Crippen MR) is 169 cm³/mol. The van der Waals surface area contributed by atoms with Crippen LogP contribution < -0.4 is 10.0 Å². The smallest absolute Gasteiger partial charge is 0.269 e. The first-order chi connectivity index (χ1) is 20.4. The van der Waals surface area contributed by atoms with Gasteiger partial charge in [-0.15, -0.1) is 0 Å². The second-order valence-corrected chi connectivity index (χ2v) is 11.4. The summed E-state index contributed by atoms with van der Waals surface area (Å²) in [4.78, 5) is 23.5. The Hall–Kier alpha value is -5.02. The van der Waals surface area contributed by atoms with Crippen molar-refractivity contribution in [3.05, 3.63) is 148 Å². The molecule has 9 heteroatoms. The molecule has 208 valence electrons. The van der Waals surface area contributed by atoms with E-state index in [2.05, 4.69) is 38.1 Å². The number of carbonyl (C=O) groups excluding carboxylic acids is 1. The van der Waals surface area contributed by atoms with Crippen LogP contribution in [-0.2, 0) is 0 Å². The highest BCUT2D eigenvalue weighted by molar-refractivity contribution is 8.17. The van der Waals surface area contributed by atoms with Gasteiger partial charge >= 0.3 is 0 Å². The van der Waals surface area contributed by atoms with Gasteiger partial charge in [0.05, 0.1) is 22.0 Å². The summed E-state index contributed by atoms with van der Waals surface area (Å²) in [6.45, 7) is 4.32. The summed E-state index contributed by atoms with van der Waals surface area (Å²) in [5.74, 6) is 0.194. The molecule has 0 aromatic heterocycles. The molecule has 2 heterocycles. The van der Waals surface area contributed by atoms with Crippen LogP contribution in [0.25, 0.3) is 0 Å². The molecule has 2 aliphatic heterocycles. The van der Waals surface area contributed by atoms with Crippen LogP contribution in [0, 0.1) is 10.1 Å². The second kappa shape index (κ2) is 11.1. The molecular formula is C33H27N5O3S. The number of nitrogens with zero attached hydrogens (tertiary/aromatic N) is 5. The third kappa shape index (κ3) is 4.99. The van der Waals surface area contributed by atoms with Crippen LogP contribution in [0.2, 0.25) is 0 Å². The van der Waals surface area contributed by atoms with Crippen molar-refractivity contribution in [3.63, 3.8) is 0 Å². The number of hydrogen-bond donors (Lipinski definition) is 0. The summed E-state index contributed by atoms with van der Waals surface area (Å²) in [6, 6.07) is 33.2. The van der Waals surface area contributed by atoms with Crippen molar-refractivity contribution in [3.8, 4) is 0 Å². The maximum Gasteiger partial charge on any atom is 0.269 e. The number of nitro benzene ring substituents is 1. The zero-order chi connectivity index (χ0) is 29.3. The fourth-order valence-corrected chi connectivity index (χ4v) is 6.06. The van der Waals surface area contributed by atoms with Gasteiger partial charge in [0, 0.05) is 23.3 Å². The number of benzene rings is 4. The van der Waals surface area contributed by atoms with Crippen molar-refractivity contribution >= 4 is 45.4 Å². The summed E-state index contributed by atoms with van der Waals surface area (Å²) in [7, 11) is 0. The zero-order valence-corrected chi connectivity index (χ0v) is 23.8. The average Bonchev–Trinajstić information content (AvgIpc) is 3.41. The van der Waals surface area contributed by atoms with Crippen molar-refractivity contribution in [2.75, 3.05) is 10.0 Å². The SMILES string of the molecule is CC(C)c1ccc(C2=NN(c3ccccc3)C3(C=C2)SC(C(=O)c2ccccc2)=NN3c2ccc([N+](=O)[O-])cc2)cc1. The van der Waals surface area contributed by atoms with E-state index >= 15 is 0 Å². The van der Waals surface area contributed by atoms with Gasteiger partial charge in [-0.25, -0.2) is 10.0 Å². The zero-order valence-electron chi connectivity index (χ0n) is 23.0. The molecule has 8 nitrogen and oxygen atoms in total. The maximum absolute atomic E-state index is 13.7. The lowest BCUT2D eigenvalue weighted by molar-refractivity contribution is -0.384. The van der Waals surface area contributed by atoms with Gasteiger partial charge in [-0.3, -0.25) is 14.9 Å². The molecular weight excluding hydrogens is 546 g/mol. The topological polar surface area (TPSA) is 91.4 Å². The van der Waals surface area contributed by atoms with Crippen molar-refractivity contribution < 1.29 is 9.72 Å². The van der Waals surface area contributed by atoms with Crippen LogP contribution in [0.3, 0.4) is 0 Å². The Morgan fingerprint density at radius 2 is 1.40 bits per heavy atom. The predicted octanol–water partition coefficient (Wildman–Crippen LogP) is 7.60. The lowest BCUT2D eigenvalue weighted by Gasteiger charge is -2.43. The normalized spacial score (nSPS) is 17.9. The van der Waals surface area contributed by atoms with Gasteiger partial charge in [0.25, 0.3) is 5.69 Å². The molecule has 4 aromatic carbocycles. The molecule has 0 fully saturated rings. The number of carbonyl (C=O) groups is 1. The van der Waals surface area contributed by atoms with E-state index < -0.39 is 9.92 Å². The Kier molecular flexibility index (Phi) is 7.18. The third-order valence-corrected chi connectivity index (χ3v) is 8.36. The number of rotatable bonds is 7. The molecule has 1 spiro atoms. The highest BCUT2D eigenvalue weighted by atomic mass is 32.2. The van der Waals surface area contributed by atoms with Crippen molar-refractivity contribution in [2.24, 2.45) is 10.2 Å². The van der Waals surface area contributed by atoms with Crippen LogP contribution in [0.1, 0.15) is 41.3 Å². The molecule has 6 rings (SSSR count). The van der Waals surface area contributed by atoms with E-state index in [1.807, 2.05) is 65.7 Å². The molecule has 0 bridgehead atoms. The van der Waals surface area contributed by atoms with E-state index in [1.54, 1.807) is 29.3 Å². The average molecular weight is 574 g/mol. The van der Waals surface area contributed by atoms with E-state index in [-0.39, 0.29) is 16.5 Å². The summed E-state index contributed by atoms with van der Waals surface area (Å²) < 4.78 is 0. The molecule has 1 atom stereocenters. The molecule has 0 aliphatic carbocycles. The number of thioether (sulfide) groups is 1. The largest absolute Gasteiger partial charge is 0.286 e. The first-order valence-electron chi connectivity index (χ1n) is 13.5. The monoisotopic (exact) mass is 573 g/mol. The Labute approximate surface area is 247 Å². The van der Waals surface area contributed by atoms with Crippen LogP contribution in [-0.4, -0.2) is 26.5 Å². The number of allylic oxidation sites excluding steroid dienone is 1. The summed E-state index contributed by atoms with van der Waals surface area (Å²) in [5, 5.41) is 25.2. The molecule has 42 heavy (non-hydrogen) atoms. The minimum absolute atomic E-state index is 0.0338. The van der Waals surface area contributed by atoms with Crippen LogP contribution in [0.4, 0.5) is 17.1 Å². The standard InChI is InChI=1S/C33H27N5O3S/c1-23(2)24-13-15-25(16-14-24)30-21-22-33(36(34-30)27-11-7-4-8-12-27)37(28-17-19-29(20-18-28)38(40)41)35-32(42-33)31(39)26-9-5-3-6-10-26/h3-23H,1-2H3. The number of ketones is 1. The molecule has 0 amide bonds. The summed E-state index contributed by atoms with van der Waals surface area (Å²) >= 11 is 1.28. The van der Waals surface area contributed by atoms with Crippen molar-refractivity contribution in [1.82, 2.24) is 0 Å². The summed E-state index contributed by atoms with van der Waals surface area (Å²) in [6.07, 6.45) is 3.93. The van der Waals surface area contributed by atoms with Crippen LogP contribution >= 0.6 is 11.8 Å². The van der Waals surface area contributed by atoms with E-state index in [0.29, 0.717) is 17.2 Å². The molecule has 0 saturated heterocycles. The first-order valence-corrected chi connectivity index (χ1v) is 14.3. The lowest BCUT2D eigenvalue weighted by atomic mass is 10.00. The number of para-hydroxylation sites is 1. The number of nitro groups is 1. The molecule has 2 aliphatic rings. The van der Waals surface area contributed by atoms with Gasteiger partial charge in [0.1, 0.15) is 0 Å². The van der Waals surface area contributed by atoms with Crippen LogP contribution in [0.5, 0.6) is 0 Å².